The Morgan fingerprint density at radius 3 is 2.70 bits per heavy atom. The molecule has 0 radical (unpaired) electrons. The molecule has 148 valence electrons. The highest BCUT2D eigenvalue weighted by molar-refractivity contribution is 8.01. The Morgan fingerprint density at radius 2 is 2.11 bits per heavy atom. The number of carbonyl (C=O) groups excluding carboxylic acids is 3. The summed E-state index contributed by atoms with van der Waals surface area (Å²) in [6, 6.07) is -1.59. The number of nitrogens with one attached hydrogen (secondary N) is 2. The molecule has 3 heterocycles. The van der Waals surface area contributed by atoms with Gasteiger partial charge in [0.1, 0.15) is 24.1 Å². The first-order valence-electron chi connectivity index (χ1n) is 7.75. The molecule has 0 saturated carbocycles. The van der Waals surface area contributed by atoms with Crippen LogP contribution in [0.15, 0.2) is 0 Å². The van der Waals surface area contributed by atoms with Gasteiger partial charge < -0.3 is 15.0 Å². The lowest BCUT2D eigenvalue weighted by molar-refractivity contribution is -0.164. The zero-order valence-corrected chi connectivity index (χ0v) is 17.2. The highest BCUT2D eigenvalue weighted by Gasteiger charge is 2.64. The maximum atomic E-state index is 12.5. The molecule has 27 heavy (non-hydrogen) atoms. The molecule has 1 aromatic heterocycles. The van der Waals surface area contributed by atoms with Crippen molar-refractivity contribution in [2.75, 3.05) is 6.61 Å². The van der Waals surface area contributed by atoms with Crippen molar-refractivity contribution in [1.29, 1.82) is 0 Å². The van der Waals surface area contributed by atoms with Gasteiger partial charge >= 0.3 is 5.97 Å². The van der Waals surface area contributed by atoms with Gasteiger partial charge in [-0.25, -0.2) is 9.89 Å². The van der Waals surface area contributed by atoms with Gasteiger partial charge in [-0.2, -0.15) is 0 Å². The predicted molar refractivity (Wildman–Crippen MR) is 97.2 cm³/mol. The second kappa shape index (κ2) is 7.26. The smallest absolute Gasteiger partial charge is 0.330 e. The number of nitrogens with zero attached hydrogens (tertiary/aromatic N) is 4. The fourth-order valence-electron chi connectivity index (χ4n) is 2.99. The van der Waals surface area contributed by atoms with E-state index in [1.807, 2.05) is 13.8 Å². The van der Waals surface area contributed by atoms with Crippen LogP contribution in [0.4, 0.5) is 0 Å². The summed E-state index contributed by atoms with van der Waals surface area (Å²) < 4.78 is 2.68. The van der Waals surface area contributed by atoms with E-state index in [-0.39, 0.29) is 18.2 Å². The maximum absolute atomic E-state index is 12.5. The van der Waals surface area contributed by atoms with Crippen LogP contribution in [0.2, 0.25) is 0 Å². The molecule has 0 aliphatic carbocycles. The van der Waals surface area contributed by atoms with Gasteiger partial charge in [-0.1, -0.05) is 34.8 Å². The van der Waals surface area contributed by atoms with Crippen molar-refractivity contribution >= 4 is 64.3 Å². The van der Waals surface area contributed by atoms with Crippen LogP contribution in [0.3, 0.4) is 0 Å². The molecule has 0 spiro atoms. The third-order valence-electron chi connectivity index (χ3n) is 4.08. The van der Waals surface area contributed by atoms with E-state index in [9.17, 15) is 14.4 Å². The Morgan fingerprint density at radius 1 is 1.41 bits per heavy atom. The van der Waals surface area contributed by atoms with E-state index < -0.39 is 44.5 Å². The number of aromatic nitrogens is 4. The number of fused-ring (bicyclic) bond motifs is 1. The number of halogens is 3. The molecule has 2 saturated heterocycles. The largest absolute Gasteiger partial charge is 0.460 e. The zero-order valence-electron chi connectivity index (χ0n) is 14.1. The Balaban J connectivity index is 1.64. The van der Waals surface area contributed by atoms with E-state index in [0.29, 0.717) is 0 Å². The van der Waals surface area contributed by atoms with Crippen LogP contribution in [0.5, 0.6) is 0 Å². The van der Waals surface area contributed by atoms with Crippen LogP contribution in [-0.4, -0.2) is 75.9 Å². The monoisotopic (exact) mass is 456 g/mol. The molecule has 2 fully saturated rings. The summed E-state index contributed by atoms with van der Waals surface area (Å²) in [6.45, 7) is 3.19. The topological polar surface area (TPSA) is 130 Å². The molecule has 1 aromatic rings. The van der Waals surface area contributed by atoms with Crippen molar-refractivity contribution in [3.05, 3.63) is 5.82 Å². The Kier molecular flexibility index (Phi) is 5.50. The molecule has 2 aliphatic rings. The van der Waals surface area contributed by atoms with Crippen molar-refractivity contribution in [3.63, 3.8) is 0 Å². The fourth-order valence-corrected chi connectivity index (χ4v) is 4.77. The number of hydrogen-bond donors (Lipinski definition) is 2. The number of carbonyl (C=O) groups is 3. The van der Waals surface area contributed by atoms with Gasteiger partial charge in [0, 0.05) is 4.75 Å². The standard InChI is InChI=1S/C13H15Cl3N6O4S/c1-12(2)8(11(25)26-4-13(14,15)16)22-9(24)7(10(22)27-12)17-6(23)3-5-18-20-21-19-5/h7-8,10H,3-4H2,1-2H3,(H,17,23)(H,18,19,20,21). The van der Waals surface area contributed by atoms with E-state index >= 15 is 0 Å². The molecular formula is C13H15Cl3N6O4S. The van der Waals surface area contributed by atoms with Gasteiger partial charge in [0.05, 0.1) is 6.42 Å². The normalized spacial score (nSPS) is 26.3. The van der Waals surface area contributed by atoms with Crippen LogP contribution >= 0.6 is 46.6 Å². The van der Waals surface area contributed by atoms with Crippen molar-refractivity contribution in [1.82, 2.24) is 30.8 Å². The van der Waals surface area contributed by atoms with Gasteiger partial charge in [-0.15, -0.1) is 16.9 Å². The second-order valence-electron chi connectivity index (χ2n) is 6.55. The number of aromatic amines is 1. The Hall–Kier alpha value is -1.30. The van der Waals surface area contributed by atoms with E-state index in [4.69, 9.17) is 39.5 Å². The minimum Gasteiger partial charge on any atom is -0.460 e. The number of esters is 1. The zero-order chi connectivity index (χ0) is 20.0. The molecule has 2 amide bonds. The van der Waals surface area contributed by atoms with Crippen molar-refractivity contribution < 1.29 is 19.1 Å². The van der Waals surface area contributed by atoms with Crippen molar-refractivity contribution in [3.8, 4) is 0 Å². The summed E-state index contributed by atoms with van der Waals surface area (Å²) in [4.78, 5) is 38.5. The highest BCUT2D eigenvalue weighted by atomic mass is 35.6. The van der Waals surface area contributed by atoms with Crippen LogP contribution in [0, 0.1) is 0 Å². The Bertz CT molecular complexity index is 756. The number of rotatable bonds is 5. The number of ether oxygens (including phenoxy) is 1. The first-order chi connectivity index (χ1) is 12.5. The highest BCUT2D eigenvalue weighted by Crippen LogP contribution is 2.51. The van der Waals surface area contributed by atoms with Gasteiger partial charge in [-0.05, 0) is 24.3 Å². The summed E-state index contributed by atoms with van der Waals surface area (Å²) >= 11 is 18.2. The number of hydrogen-bond acceptors (Lipinski definition) is 8. The van der Waals surface area contributed by atoms with Gasteiger partial charge in [-0.3, -0.25) is 9.59 Å². The molecule has 0 aromatic carbocycles. The lowest BCUT2D eigenvalue weighted by Gasteiger charge is -2.43. The Labute approximate surface area is 173 Å². The van der Waals surface area contributed by atoms with Gasteiger partial charge in [0.15, 0.2) is 5.82 Å². The minimum absolute atomic E-state index is 0.0910. The lowest BCUT2D eigenvalue weighted by Crippen LogP contribution is -2.70. The van der Waals surface area contributed by atoms with E-state index in [0.717, 1.165) is 0 Å². The van der Waals surface area contributed by atoms with Crippen molar-refractivity contribution in [2.45, 2.75) is 46.3 Å². The average molecular weight is 458 g/mol. The maximum Gasteiger partial charge on any atom is 0.330 e. The molecular weight excluding hydrogens is 443 g/mol. The number of amides is 2. The molecule has 2 aliphatic heterocycles. The number of H-pyrrole nitrogens is 1. The quantitative estimate of drug-likeness (QED) is 0.364. The van der Waals surface area contributed by atoms with Crippen LogP contribution in [0.1, 0.15) is 19.7 Å². The van der Waals surface area contributed by atoms with E-state index in [2.05, 4.69) is 25.9 Å². The molecule has 3 rings (SSSR count). The summed E-state index contributed by atoms with van der Waals surface area (Å²) in [5.41, 5.74) is 0. The molecule has 3 unspecified atom stereocenters. The first-order valence-corrected chi connectivity index (χ1v) is 9.76. The number of β-lactam (4-membered cyclic amide) rings is 1. The number of alkyl halides is 3. The summed E-state index contributed by atoms with van der Waals surface area (Å²) in [5, 5.41) is 15.1. The second-order valence-corrected chi connectivity index (χ2v) is 10.8. The minimum atomic E-state index is -1.74. The third-order valence-corrected chi connectivity index (χ3v) is 5.97. The van der Waals surface area contributed by atoms with Crippen LogP contribution in [-0.2, 0) is 25.5 Å². The summed E-state index contributed by atoms with van der Waals surface area (Å²) in [5.74, 6) is -1.17. The van der Waals surface area contributed by atoms with E-state index in [1.165, 1.54) is 16.7 Å². The SMILES string of the molecule is CC1(C)SC2C(NC(=O)Cc3nnn[nH]3)C(=O)N2C1C(=O)OCC(Cl)(Cl)Cl. The average Bonchev–Trinajstić information content (AvgIpc) is 3.13. The summed E-state index contributed by atoms with van der Waals surface area (Å²) in [6.07, 6.45) is -0.0910. The van der Waals surface area contributed by atoms with Crippen LogP contribution in [0.25, 0.3) is 0 Å². The summed E-state index contributed by atoms with van der Waals surface area (Å²) in [7, 11) is 0. The predicted octanol–water partition coefficient (Wildman–Crippen LogP) is 0.203. The van der Waals surface area contributed by atoms with Crippen LogP contribution < -0.4 is 5.32 Å². The van der Waals surface area contributed by atoms with Gasteiger partial charge in [0.2, 0.25) is 15.6 Å². The number of thioether (sulfide) groups is 1. The first kappa shape index (κ1) is 20.4. The van der Waals surface area contributed by atoms with E-state index in [1.54, 1.807) is 0 Å². The van der Waals surface area contributed by atoms with Crippen molar-refractivity contribution in [2.24, 2.45) is 0 Å². The molecule has 0 bridgehead atoms. The molecule has 3 atom stereocenters. The lowest BCUT2D eigenvalue weighted by atomic mass is 9.96. The molecule has 2 N–H and O–H groups in total. The van der Waals surface area contributed by atoms with Gasteiger partial charge in [0.25, 0.3) is 0 Å². The molecule has 10 nitrogen and oxygen atoms in total. The third kappa shape index (κ3) is 4.25. The molecule has 14 heteroatoms. The number of tetrazole rings is 1. The fraction of sp³-hybridized carbons (Fsp3) is 0.692.